The minimum absolute atomic E-state index is 0.205. The molecule has 1 aromatic heterocycles. The zero-order chi connectivity index (χ0) is 14.5. The number of hydrogen-bond acceptors (Lipinski definition) is 3. The fourth-order valence-electron chi connectivity index (χ4n) is 1.72. The molecule has 0 aliphatic heterocycles. The number of carbonyl (C=O) groups excluding carboxylic acids is 1. The van der Waals surface area contributed by atoms with Gasteiger partial charge in [-0.3, -0.25) is 4.79 Å². The quantitative estimate of drug-likeness (QED) is 0.884. The first-order valence-electron chi connectivity index (χ1n) is 5.96. The number of nitrogens with one attached hydrogen (secondary N) is 2. The van der Waals surface area contributed by atoms with Gasteiger partial charge < -0.3 is 10.6 Å². The highest BCUT2D eigenvalue weighted by Gasteiger charge is 2.12. The van der Waals surface area contributed by atoms with Crippen molar-refractivity contribution in [1.82, 2.24) is 10.3 Å². The molecule has 20 heavy (non-hydrogen) atoms. The molecule has 1 amide bonds. The minimum atomic E-state index is -0.205. The lowest BCUT2D eigenvalue weighted by atomic mass is 10.2. The van der Waals surface area contributed by atoms with Crippen molar-refractivity contribution >= 4 is 39.3 Å². The van der Waals surface area contributed by atoms with Crippen LogP contribution < -0.4 is 10.6 Å². The van der Waals surface area contributed by atoms with E-state index < -0.39 is 0 Å². The van der Waals surface area contributed by atoms with Gasteiger partial charge in [-0.05, 0) is 33.6 Å². The average molecular weight is 355 g/mol. The van der Waals surface area contributed by atoms with Crippen LogP contribution in [0.3, 0.4) is 0 Å². The predicted molar refractivity (Wildman–Crippen MR) is 84.1 cm³/mol. The summed E-state index contributed by atoms with van der Waals surface area (Å²) in [6.45, 7) is 0.369. The number of amides is 1. The van der Waals surface area contributed by atoms with Gasteiger partial charge in [0, 0.05) is 29.3 Å². The molecule has 0 spiro atoms. The summed E-state index contributed by atoms with van der Waals surface area (Å²) < 4.78 is 0.749. The molecular formula is C14H13BrClN3O. The molecule has 104 valence electrons. The van der Waals surface area contributed by atoms with Gasteiger partial charge in [-0.15, -0.1) is 0 Å². The van der Waals surface area contributed by atoms with E-state index in [1.807, 2.05) is 18.2 Å². The number of carbonyl (C=O) groups is 1. The number of benzene rings is 1. The summed E-state index contributed by atoms with van der Waals surface area (Å²) in [7, 11) is 1.72. The summed E-state index contributed by atoms with van der Waals surface area (Å²) in [5.74, 6) is 0.327. The summed E-state index contributed by atoms with van der Waals surface area (Å²) in [5, 5.41) is 6.36. The molecule has 0 fully saturated rings. The Hall–Kier alpha value is -1.59. The second-order valence-corrected chi connectivity index (χ2v) is 5.40. The third-order valence-corrected chi connectivity index (χ3v) is 3.54. The van der Waals surface area contributed by atoms with E-state index in [0.29, 0.717) is 22.9 Å². The first-order valence-corrected chi connectivity index (χ1v) is 7.14. The minimum Gasteiger partial charge on any atom is -0.372 e. The lowest BCUT2D eigenvalue weighted by Crippen LogP contribution is -2.24. The molecule has 0 saturated carbocycles. The number of aromatic nitrogens is 1. The van der Waals surface area contributed by atoms with Gasteiger partial charge in [-0.2, -0.15) is 0 Å². The summed E-state index contributed by atoms with van der Waals surface area (Å²) in [6, 6.07) is 9.13. The van der Waals surface area contributed by atoms with Gasteiger partial charge in [0.2, 0.25) is 0 Å². The Morgan fingerprint density at radius 3 is 2.85 bits per heavy atom. The van der Waals surface area contributed by atoms with E-state index >= 15 is 0 Å². The molecule has 0 atom stereocenters. The zero-order valence-corrected chi connectivity index (χ0v) is 13.1. The molecule has 1 aromatic carbocycles. The lowest BCUT2D eigenvalue weighted by Gasteiger charge is -2.10. The van der Waals surface area contributed by atoms with E-state index in [2.05, 4.69) is 31.5 Å². The fourth-order valence-corrected chi connectivity index (χ4v) is 2.26. The van der Waals surface area contributed by atoms with Crippen molar-refractivity contribution in [3.05, 3.63) is 57.2 Å². The van der Waals surface area contributed by atoms with Crippen LogP contribution in [0, 0.1) is 0 Å². The number of nitrogens with zero attached hydrogens (tertiary/aromatic N) is 1. The lowest BCUT2D eigenvalue weighted by molar-refractivity contribution is 0.0951. The van der Waals surface area contributed by atoms with Crippen LogP contribution in [0.1, 0.15) is 15.9 Å². The van der Waals surface area contributed by atoms with Crippen LogP contribution in [0.5, 0.6) is 0 Å². The standard InChI is InChI=1S/C14H13BrClN3O/c1-17-13-11(6-10(15)8-18-13)14(20)19-7-9-4-2-3-5-12(9)16/h2-6,8H,7H2,1H3,(H,17,18)(H,19,20). The molecule has 0 aliphatic carbocycles. The number of hydrogen-bond donors (Lipinski definition) is 2. The third-order valence-electron chi connectivity index (χ3n) is 2.73. The van der Waals surface area contributed by atoms with Gasteiger partial charge in [0.15, 0.2) is 0 Å². The van der Waals surface area contributed by atoms with Gasteiger partial charge in [-0.1, -0.05) is 29.8 Å². The van der Waals surface area contributed by atoms with Crippen molar-refractivity contribution < 1.29 is 4.79 Å². The highest BCUT2D eigenvalue weighted by molar-refractivity contribution is 9.10. The smallest absolute Gasteiger partial charge is 0.255 e. The van der Waals surface area contributed by atoms with Gasteiger partial charge >= 0.3 is 0 Å². The Morgan fingerprint density at radius 2 is 2.15 bits per heavy atom. The van der Waals surface area contributed by atoms with Crippen molar-refractivity contribution in [3.63, 3.8) is 0 Å². The fraction of sp³-hybridized carbons (Fsp3) is 0.143. The summed E-state index contributed by atoms with van der Waals surface area (Å²) >= 11 is 9.36. The normalized spacial score (nSPS) is 10.2. The maximum Gasteiger partial charge on any atom is 0.255 e. The Bertz CT molecular complexity index is 634. The maximum atomic E-state index is 12.2. The highest BCUT2D eigenvalue weighted by atomic mass is 79.9. The van der Waals surface area contributed by atoms with Gasteiger partial charge in [0.1, 0.15) is 5.82 Å². The largest absolute Gasteiger partial charge is 0.372 e. The SMILES string of the molecule is CNc1ncc(Br)cc1C(=O)NCc1ccccc1Cl. The van der Waals surface area contributed by atoms with Crippen LogP contribution in [0.2, 0.25) is 5.02 Å². The number of anilines is 1. The van der Waals surface area contributed by atoms with E-state index in [9.17, 15) is 4.79 Å². The molecule has 2 N–H and O–H groups in total. The first kappa shape index (κ1) is 14.8. The number of halogens is 2. The van der Waals surface area contributed by atoms with E-state index in [-0.39, 0.29) is 5.91 Å². The molecule has 0 bridgehead atoms. The molecule has 1 heterocycles. The highest BCUT2D eigenvalue weighted by Crippen LogP contribution is 2.18. The molecule has 0 aliphatic rings. The van der Waals surface area contributed by atoms with Crippen molar-refractivity contribution in [3.8, 4) is 0 Å². The van der Waals surface area contributed by atoms with Gasteiger partial charge in [0.25, 0.3) is 5.91 Å². The van der Waals surface area contributed by atoms with Crippen LogP contribution in [0.4, 0.5) is 5.82 Å². The Balaban J connectivity index is 2.13. The number of pyridine rings is 1. The second kappa shape index (κ2) is 6.72. The van der Waals surface area contributed by atoms with E-state index in [1.165, 1.54) is 0 Å². The topological polar surface area (TPSA) is 54.0 Å². The van der Waals surface area contributed by atoms with Crippen LogP contribution in [-0.4, -0.2) is 17.9 Å². The van der Waals surface area contributed by atoms with Crippen molar-refractivity contribution in [2.75, 3.05) is 12.4 Å². The molecule has 2 rings (SSSR count). The summed E-state index contributed by atoms with van der Waals surface area (Å²) in [4.78, 5) is 16.4. The molecule has 2 aromatic rings. The Kier molecular flexibility index (Phi) is 4.98. The monoisotopic (exact) mass is 353 g/mol. The van der Waals surface area contributed by atoms with Crippen molar-refractivity contribution in [2.45, 2.75) is 6.54 Å². The Labute approximate surface area is 130 Å². The van der Waals surface area contributed by atoms with E-state index in [0.717, 1.165) is 10.0 Å². The van der Waals surface area contributed by atoms with Gasteiger partial charge in [-0.25, -0.2) is 4.98 Å². The molecule has 4 nitrogen and oxygen atoms in total. The number of rotatable bonds is 4. The zero-order valence-electron chi connectivity index (χ0n) is 10.8. The van der Waals surface area contributed by atoms with Crippen molar-refractivity contribution in [2.24, 2.45) is 0 Å². The first-order chi connectivity index (χ1) is 9.61. The second-order valence-electron chi connectivity index (χ2n) is 4.07. The Morgan fingerprint density at radius 1 is 1.40 bits per heavy atom. The molecular weight excluding hydrogens is 342 g/mol. The summed E-state index contributed by atoms with van der Waals surface area (Å²) in [5.41, 5.74) is 1.35. The van der Waals surface area contributed by atoms with E-state index in [1.54, 1.807) is 25.4 Å². The third kappa shape index (κ3) is 3.49. The molecule has 0 unspecified atom stereocenters. The van der Waals surface area contributed by atoms with Gasteiger partial charge in [0.05, 0.1) is 5.56 Å². The van der Waals surface area contributed by atoms with Crippen LogP contribution in [0.15, 0.2) is 41.0 Å². The van der Waals surface area contributed by atoms with Crippen LogP contribution >= 0.6 is 27.5 Å². The van der Waals surface area contributed by atoms with E-state index in [4.69, 9.17) is 11.6 Å². The molecule has 6 heteroatoms. The summed E-state index contributed by atoms with van der Waals surface area (Å²) in [6.07, 6.45) is 1.64. The van der Waals surface area contributed by atoms with Crippen molar-refractivity contribution in [1.29, 1.82) is 0 Å². The average Bonchev–Trinajstić information content (AvgIpc) is 2.46. The molecule has 0 radical (unpaired) electrons. The van der Waals surface area contributed by atoms with Crippen LogP contribution in [-0.2, 0) is 6.54 Å². The maximum absolute atomic E-state index is 12.2. The molecule has 0 saturated heterocycles. The predicted octanol–water partition coefficient (Wildman–Crippen LogP) is 3.47. The van der Waals surface area contributed by atoms with Crippen LogP contribution in [0.25, 0.3) is 0 Å².